The van der Waals surface area contributed by atoms with E-state index in [1.54, 1.807) is 0 Å². The molecule has 0 bridgehead atoms. The lowest BCUT2D eigenvalue weighted by Gasteiger charge is -2.24. The minimum absolute atomic E-state index is 0.577. The maximum atomic E-state index is 5.31. The largest absolute Gasteiger partial charge is 0.381 e. The molecule has 78 valence electrons. The van der Waals surface area contributed by atoms with Gasteiger partial charge in [-0.3, -0.25) is 0 Å². The van der Waals surface area contributed by atoms with Gasteiger partial charge in [-0.15, -0.1) is 0 Å². The second-order valence-corrected chi connectivity index (χ2v) is 3.92. The van der Waals surface area contributed by atoms with E-state index in [1.807, 2.05) is 7.05 Å². The van der Waals surface area contributed by atoms with Crippen molar-refractivity contribution in [3.63, 3.8) is 0 Å². The summed E-state index contributed by atoms with van der Waals surface area (Å²) in [6.07, 6.45) is 2.44. The molecule has 0 aromatic heterocycles. The summed E-state index contributed by atoms with van der Waals surface area (Å²) in [6, 6.07) is 0.577. The maximum absolute atomic E-state index is 5.31. The van der Waals surface area contributed by atoms with Gasteiger partial charge in [-0.05, 0) is 39.3 Å². The van der Waals surface area contributed by atoms with Crippen LogP contribution in [0.25, 0.3) is 0 Å². The Hall–Kier alpha value is -0.120. The fraction of sp³-hybridized carbons (Fsp3) is 1.00. The van der Waals surface area contributed by atoms with Crippen LogP contribution in [0, 0.1) is 5.92 Å². The number of hydrogen-bond acceptors (Lipinski definition) is 3. The van der Waals surface area contributed by atoms with Crippen LogP contribution in [0.15, 0.2) is 0 Å². The molecule has 1 atom stereocenters. The Morgan fingerprint density at radius 1 is 1.38 bits per heavy atom. The van der Waals surface area contributed by atoms with E-state index in [1.165, 1.54) is 12.8 Å². The molecule has 3 heteroatoms. The summed E-state index contributed by atoms with van der Waals surface area (Å²) in [5.41, 5.74) is 0. The highest BCUT2D eigenvalue weighted by Crippen LogP contribution is 2.13. The summed E-state index contributed by atoms with van der Waals surface area (Å²) < 4.78 is 5.31. The average Bonchev–Trinajstić information content (AvgIpc) is 2.17. The molecule has 0 radical (unpaired) electrons. The Bertz CT molecular complexity index is 124. The second-order valence-electron chi connectivity index (χ2n) is 3.92. The van der Waals surface area contributed by atoms with E-state index in [0.29, 0.717) is 6.04 Å². The minimum Gasteiger partial charge on any atom is -0.381 e. The lowest BCUT2D eigenvalue weighted by molar-refractivity contribution is 0.0656. The number of ether oxygens (including phenoxy) is 1. The number of hydrogen-bond donors (Lipinski definition) is 2. The molecule has 2 N–H and O–H groups in total. The first-order chi connectivity index (χ1) is 6.33. The van der Waals surface area contributed by atoms with Crippen molar-refractivity contribution in [2.75, 3.05) is 33.4 Å². The normalized spacial score (nSPS) is 21.7. The molecule has 1 unspecified atom stereocenters. The summed E-state index contributed by atoms with van der Waals surface area (Å²) >= 11 is 0. The van der Waals surface area contributed by atoms with Crippen molar-refractivity contribution in [1.29, 1.82) is 0 Å². The molecule has 0 amide bonds. The third-order valence-corrected chi connectivity index (χ3v) is 2.61. The molecule has 0 aliphatic carbocycles. The van der Waals surface area contributed by atoms with Gasteiger partial charge in [0.1, 0.15) is 0 Å². The molecular formula is C10H22N2O. The van der Waals surface area contributed by atoms with E-state index in [9.17, 15) is 0 Å². The van der Waals surface area contributed by atoms with Crippen LogP contribution < -0.4 is 10.6 Å². The quantitative estimate of drug-likeness (QED) is 0.660. The smallest absolute Gasteiger partial charge is 0.0469 e. The van der Waals surface area contributed by atoms with E-state index in [4.69, 9.17) is 4.74 Å². The molecule has 1 heterocycles. The third kappa shape index (κ3) is 4.60. The Kier molecular flexibility index (Phi) is 5.35. The van der Waals surface area contributed by atoms with Crippen molar-refractivity contribution in [2.45, 2.75) is 25.8 Å². The highest BCUT2D eigenvalue weighted by molar-refractivity contribution is 4.69. The Labute approximate surface area is 81.2 Å². The molecule has 1 aliphatic heterocycles. The van der Waals surface area contributed by atoms with Gasteiger partial charge in [0.15, 0.2) is 0 Å². The Morgan fingerprint density at radius 2 is 2.08 bits per heavy atom. The van der Waals surface area contributed by atoms with Gasteiger partial charge < -0.3 is 15.4 Å². The van der Waals surface area contributed by atoms with Crippen LogP contribution in [0.4, 0.5) is 0 Å². The second kappa shape index (κ2) is 6.35. The fourth-order valence-corrected chi connectivity index (χ4v) is 1.70. The Balaban J connectivity index is 2.03. The van der Waals surface area contributed by atoms with Gasteiger partial charge >= 0.3 is 0 Å². The molecule has 0 aromatic rings. The van der Waals surface area contributed by atoms with E-state index in [-0.39, 0.29) is 0 Å². The molecule has 1 aliphatic rings. The summed E-state index contributed by atoms with van der Waals surface area (Å²) in [5.74, 6) is 0.827. The molecule has 3 nitrogen and oxygen atoms in total. The first kappa shape index (κ1) is 11.0. The van der Waals surface area contributed by atoms with E-state index in [0.717, 1.165) is 32.2 Å². The first-order valence-electron chi connectivity index (χ1n) is 5.28. The lowest BCUT2D eigenvalue weighted by Crippen LogP contribution is -2.38. The zero-order valence-corrected chi connectivity index (χ0v) is 8.81. The number of rotatable bonds is 5. The Morgan fingerprint density at radius 3 is 2.69 bits per heavy atom. The van der Waals surface area contributed by atoms with Crippen molar-refractivity contribution < 1.29 is 4.74 Å². The molecule has 1 rings (SSSR count). The third-order valence-electron chi connectivity index (χ3n) is 2.61. The van der Waals surface area contributed by atoms with Gasteiger partial charge in [-0.2, -0.15) is 0 Å². The van der Waals surface area contributed by atoms with Crippen molar-refractivity contribution in [3.05, 3.63) is 0 Å². The van der Waals surface area contributed by atoms with Crippen LogP contribution in [0.3, 0.4) is 0 Å². The summed E-state index contributed by atoms with van der Waals surface area (Å²) in [7, 11) is 1.99. The van der Waals surface area contributed by atoms with Crippen molar-refractivity contribution in [3.8, 4) is 0 Å². The topological polar surface area (TPSA) is 33.3 Å². The number of nitrogens with one attached hydrogen (secondary N) is 2. The van der Waals surface area contributed by atoms with Gasteiger partial charge in [-0.1, -0.05) is 0 Å². The lowest BCUT2D eigenvalue weighted by atomic mass is 10.0. The van der Waals surface area contributed by atoms with Crippen LogP contribution in [-0.2, 0) is 4.74 Å². The minimum atomic E-state index is 0.577. The van der Waals surface area contributed by atoms with Crippen LogP contribution in [-0.4, -0.2) is 39.4 Å². The van der Waals surface area contributed by atoms with Crippen LogP contribution in [0.1, 0.15) is 19.8 Å². The fourth-order valence-electron chi connectivity index (χ4n) is 1.70. The summed E-state index contributed by atoms with van der Waals surface area (Å²) in [6.45, 7) is 6.31. The van der Waals surface area contributed by atoms with Gasteiger partial charge in [-0.25, -0.2) is 0 Å². The van der Waals surface area contributed by atoms with Crippen molar-refractivity contribution in [2.24, 2.45) is 5.92 Å². The SMILES string of the molecule is CNCC(C)NCC1CCOCC1. The molecule has 0 saturated carbocycles. The predicted molar refractivity (Wildman–Crippen MR) is 54.9 cm³/mol. The molecular weight excluding hydrogens is 164 g/mol. The van der Waals surface area contributed by atoms with E-state index in [2.05, 4.69) is 17.6 Å². The zero-order valence-electron chi connectivity index (χ0n) is 8.81. The maximum Gasteiger partial charge on any atom is 0.0469 e. The van der Waals surface area contributed by atoms with Gasteiger partial charge in [0.05, 0.1) is 0 Å². The van der Waals surface area contributed by atoms with Crippen molar-refractivity contribution >= 4 is 0 Å². The summed E-state index contributed by atoms with van der Waals surface area (Å²) in [5, 5.41) is 6.70. The molecule has 0 aromatic carbocycles. The molecule has 0 spiro atoms. The van der Waals surface area contributed by atoms with Crippen LogP contribution in [0.5, 0.6) is 0 Å². The van der Waals surface area contributed by atoms with Crippen LogP contribution >= 0.6 is 0 Å². The van der Waals surface area contributed by atoms with Crippen LogP contribution in [0.2, 0.25) is 0 Å². The van der Waals surface area contributed by atoms with Crippen molar-refractivity contribution in [1.82, 2.24) is 10.6 Å². The highest BCUT2D eigenvalue weighted by Gasteiger charge is 2.13. The molecule has 1 saturated heterocycles. The van der Waals surface area contributed by atoms with E-state index >= 15 is 0 Å². The number of likely N-dealkylation sites (N-methyl/N-ethyl adjacent to an activating group) is 1. The summed E-state index contributed by atoms with van der Waals surface area (Å²) in [4.78, 5) is 0. The van der Waals surface area contributed by atoms with Gasteiger partial charge in [0, 0.05) is 25.8 Å². The predicted octanol–water partition coefficient (Wildman–Crippen LogP) is 0.610. The van der Waals surface area contributed by atoms with Gasteiger partial charge in [0.2, 0.25) is 0 Å². The molecule has 1 fully saturated rings. The monoisotopic (exact) mass is 186 g/mol. The van der Waals surface area contributed by atoms with E-state index < -0.39 is 0 Å². The van der Waals surface area contributed by atoms with Gasteiger partial charge in [0.25, 0.3) is 0 Å². The average molecular weight is 186 g/mol. The highest BCUT2D eigenvalue weighted by atomic mass is 16.5. The standard InChI is InChI=1S/C10H22N2O/c1-9(7-11-2)12-8-10-3-5-13-6-4-10/h9-12H,3-8H2,1-2H3. The zero-order chi connectivity index (χ0) is 9.52. The first-order valence-corrected chi connectivity index (χ1v) is 5.28. The molecule has 13 heavy (non-hydrogen) atoms.